The van der Waals surface area contributed by atoms with E-state index in [-0.39, 0.29) is 25.5 Å². The first kappa shape index (κ1) is 21.0. The number of aliphatic hydroxyl groups excluding tert-OH is 2. The molecule has 0 aliphatic carbocycles. The molecular weight excluding hydrogens is 408 g/mol. The average molecular weight is 433 g/mol. The quantitative estimate of drug-likeness (QED) is 0.461. The van der Waals surface area contributed by atoms with Gasteiger partial charge in [-0.3, -0.25) is 9.47 Å². The highest BCUT2D eigenvalue weighted by Gasteiger charge is 2.30. The summed E-state index contributed by atoms with van der Waals surface area (Å²) in [4.78, 5) is 15.4. The van der Waals surface area contributed by atoms with Gasteiger partial charge in [-0.15, -0.1) is 0 Å². The number of ether oxygens (including phenoxy) is 1. The number of hydrogen-bond donors (Lipinski definition) is 3. The number of anilines is 1. The summed E-state index contributed by atoms with van der Waals surface area (Å²) < 4.78 is 7.99. The van der Waals surface area contributed by atoms with E-state index in [0.717, 1.165) is 12.1 Å². The lowest BCUT2D eigenvalue weighted by Crippen LogP contribution is -2.46. The Hall–Kier alpha value is -2.30. The number of nitrogens with one attached hydrogen (secondary N) is 1. The van der Waals surface area contributed by atoms with Crippen LogP contribution in [-0.4, -0.2) is 73.6 Å². The first-order valence-electron chi connectivity index (χ1n) is 9.93. The summed E-state index contributed by atoms with van der Waals surface area (Å²) in [5.74, 6) is 0.625. The van der Waals surface area contributed by atoms with E-state index in [1.54, 1.807) is 6.33 Å². The lowest BCUT2D eigenvalue weighted by atomic mass is 10.2. The van der Waals surface area contributed by atoms with Crippen LogP contribution in [0, 0.1) is 0 Å². The van der Waals surface area contributed by atoms with E-state index in [4.69, 9.17) is 21.4 Å². The summed E-state index contributed by atoms with van der Waals surface area (Å²) in [6, 6.07) is 7.77. The molecule has 4 rings (SSSR count). The molecule has 1 aromatic carbocycles. The summed E-state index contributed by atoms with van der Waals surface area (Å²) >= 11 is 5.99. The Morgan fingerprint density at radius 1 is 1.13 bits per heavy atom. The minimum absolute atomic E-state index is 0.0663. The van der Waals surface area contributed by atoms with Crippen LogP contribution in [0.3, 0.4) is 0 Å². The lowest BCUT2D eigenvalue weighted by Gasteiger charge is -2.37. The number of halogens is 1. The van der Waals surface area contributed by atoms with Crippen molar-refractivity contribution in [2.24, 2.45) is 0 Å². The lowest BCUT2D eigenvalue weighted by molar-refractivity contribution is -0.135. The second kappa shape index (κ2) is 9.67. The Morgan fingerprint density at radius 2 is 1.97 bits per heavy atom. The predicted octanol–water partition coefficient (Wildman–Crippen LogP) is 1.67. The molecule has 160 valence electrons. The minimum Gasteiger partial charge on any atom is -0.396 e. The van der Waals surface area contributed by atoms with E-state index in [0.29, 0.717) is 48.1 Å². The zero-order chi connectivity index (χ0) is 20.9. The van der Waals surface area contributed by atoms with E-state index in [1.165, 1.54) is 6.33 Å². The molecule has 1 saturated heterocycles. The Bertz CT molecular complexity index is 967. The molecule has 2 atom stereocenters. The van der Waals surface area contributed by atoms with Gasteiger partial charge in [0.1, 0.15) is 12.6 Å². The van der Waals surface area contributed by atoms with E-state index in [2.05, 4.69) is 25.2 Å². The van der Waals surface area contributed by atoms with E-state index < -0.39 is 0 Å². The summed E-state index contributed by atoms with van der Waals surface area (Å²) in [6.45, 7) is 2.62. The van der Waals surface area contributed by atoms with Crippen molar-refractivity contribution in [1.82, 2.24) is 24.4 Å². The highest BCUT2D eigenvalue weighted by atomic mass is 35.5. The number of benzene rings is 1. The standard InChI is InChI=1S/C20H25ClN6O3/c21-15-4-2-14(3-5-15)8-26-9-16(11-29)30-17(10-26)27-13-25-18-19(22-6-1-7-28)23-12-24-20(18)27/h2-5,12-13,16-17,28-29H,1,6-11H2,(H,22,23,24)/t16-,17+/m0/s1. The fraction of sp³-hybridized carbons (Fsp3) is 0.450. The molecular formula is C20H25ClN6O3. The molecule has 1 fully saturated rings. The molecule has 3 heterocycles. The monoisotopic (exact) mass is 432 g/mol. The zero-order valence-electron chi connectivity index (χ0n) is 16.5. The Balaban J connectivity index is 1.55. The first-order valence-corrected chi connectivity index (χ1v) is 10.3. The molecule has 0 spiro atoms. The third-order valence-electron chi connectivity index (χ3n) is 5.05. The first-order chi connectivity index (χ1) is 14.7. The van der Waals surface area contributed by atoms with Crippen molar-refractivity contribution in [1.29, 1.82) is 0 Å². The van der Waals surface area contributed by atoms with Crippen LogP contribution in [0.1, 0.15) is 18.2 Å². The fourth-order valence-corrected chi connectivity index (χ4v) is 3.73. The Morgan fingerprint density at radius 3 is 2.73 bits per heavy atom. The molecule has 10 heteroatoms. The second-order valence-electron chi connectivity index (χ2n) is 7.27. The number of imidazole rings is 1. The molecule has 0 amide bonds. The Labute approximate surface area is 179 Å². The maximum absolute atomic E-state index is 9.75. The van der Waals surface area contributed by atoms with Gasteiger partial charge in [-0.2, -0.15) is 0 Å². The summed E-state index contributed by atoms with van der Waals surface area (Å²) in [6.07, 6.45) is 3.16. The molecule has 1 aliphatic heterocycles. The number of rotatable bonds is 8. The van der Waals surface area contributed by atoms with Crippen molar-refractivity contribution in [3.63, 3.8) is 0 Å². The van der Waals surface area contributed by atoms with Crippen molar-refractivity contribution in [2.45, 2.75) is 25.3 Å². The van der Waals surface area contributed by atoms with Crippen LogP contribution >= 0.6 is 11.6 Å². The normalized spacial score (nSPS) is 20.0. The van der Waals surface area contributed by atoms with Crippen LogP contribution < -0.4 is 5.32 Å². The smallest absolute Gasteiger partial charge is 0.167 e. The molecule has 3 N–H and O–H groups in total. The molecule has 0 unspecified atom stereocenters. The molecule has 30 heavy (non-hydrogen) atoms. The number of aromatic nitrogens is 4. The SMILES string of the molecule is OCCCNc1ncnc2c1ncn2[C@H]1CN(Cc2ccc(Cl)cc2)C[C@@H](CO)O1. The van der Waals surface area contributed by atoms with Crippen molar-refractivity contribution in [3.05, 3.63) is 47.5 Å². The summed E-state index contributed by atoms with van der Waals surface area (Å²) in [5.41, 5.74) is 2.45. The van der Waals surface area contributed by atoms with Crippen LogP contribution in [0.2, 0.25) is 5.02 Å². The van der Waals surface area contributed by atoms with Crippen LogP contribution in [0.25, 0.3) is 11.2 Å². The third-order valence-corrected chi connectivity index (χ3v) is 5.30. The number of fused-ring (bicyclic) bond motifs is 1. The van der Waals surface area contributed by atoms with Gasteiger partial charge in [0, 0.05) is 37.8 Å². The maximum Gasteiger partial charge on any atom is 0.167 e. The van der Waals surface area contributed by atoms with Gasteiger partial charge >= 0.3 is 0 Å². The molecule has 0 saturated carbocycles. The molecule has 3 aromatic rings. The average Bonchev–Trinajstić information content (AvgIpc) is 3.20. The van der Waals surface area contributed by atoms with E-state index in [9.17, 15) is 5.11 Å². The van der Waals surface area contributed by atoms with E-state index >= 15 is 0 Å². The number of nitrogens with zero attached hydrogens (tertiary/aromatic N) is 5. The summed E-state index contributed by atoms with van der Waals surface area (Å²) in [7, 11) is 0. The van der Waals surface area contributed by atoms with Crippen molar-refractivity contribution < 1.29 is 14.9 Å². The van der Waals surface area contributed by atoms with Gasteiger partial charge in [-0.05, 0) is 24.1 Å². The molecule has 0 radical (unpaired) electrons. The maximum atomic E-state index is 9.75. The van der Waals surface area contributed by atoms with Crippen LogP contribution in [0.4, 0.5) is 5.82 Å². The van der Waals surface area contributed by atoms with Crippen molar-refractivity contribution in [2.75, 3.05) is 38.2 Å². The topological polar surface area (TPSA) is 109 Å². The van der Waals surface area contributed by atoms with E-state index in [1.807, 2.05) is 28.8 Å². The van der Waals surface area contributed by atoms with Crippen LogP contribution in [-0.2, 0) is 11.3 Å². The largest absolute Gasteiger partial charge is 0.396 e. The van der Waals surface area contributed by atoms with Gasteiger partial charge in [0.25, 0.3) is 0 Å². The summed E-state index contributed by atoms with van der Waals surface area (Å²) in [5, 5.41) is 22.6. The fourth-order valence-electron chi connectivity index (χ4n) is 3.60. The van der Waals surface area contributed by atoms with Gasteiger partial charge in [0.15, 0.2) is 17.0 Å². The van der Waals surface area contributed by atoms with Crippen molar-refractivity contribution in [3.8, 4) is 0 Å². The second-order valence-corrected chi connectivity index (χ2v) is 7.70. The van der Waals surface area contributed by atoms with Crippen molar-refractivity contribution >= 4 is 28.6 Å². The van der Waals surface area contributed by atoms with Crippen LogP contribution in [0.5, 0.6) is 0 Å². The van der Waals surface area contributed by atoms with Gasteiger partial charge in [-0.1, -0.05) is 23.7 Å². The van der Waals surface area contributed by atoms with Gasteiger partial charge in [0.05, 0.1) is 19.0 Å². The van der Waals surface area contributed by atoms with Gasteiger partial charge < -0.3 is 20.3 Å². The Kier molecular flexibility index (Phi) is 6.76. The molecule has 1 aliphatic rings. The number of morpholine rings is 1. The molecule has 2 aromatic heterocycles. The number of aliphatic hydroxyl groups is 2. The highest BCUT2D eigenvalue weighted by molar-refractivity contribution is 6.30. The molecule has 9 nitrogen and oxygen atoms in total. The number of hydrogen-bond acceptors (Lipinski definition) is 8. The molecule has 0 bridgehead atoms. The highest BCUT2D eigenvalue weighted by Crippen LogP contribution is 2.26. The predicted molar refractivity (Wildman–Crippen MR) is 113 cm³/mol. The zero-order valence-corrected chi connectivity index (χ0v) is 17.2. The minimum atomic E-state index is -0.339. The van der Waals surface area contributed by atoms with Crippen LogP contribution in [0.15, 0.2) is 36.9 Å². The third kappa shape index (κ3) is 4.71. The van der Waals surface area contributed by atoms with Gasteiger partial charge in [0.2, 0.25) is 0 Å². The van der Waals surface area contributed by atoms with Gasteiger partial charge in [-0.25, -0.2) is 15.0 Å².